The molecule has 0 aromatic heterocycles. The Hall–Kier alpha value is -1.07. The minimum absolute atomic E-state index is 0.0885. The number of hydrogen-bond acceptors (Lipinski definition) is 3. The normalized spacial score (nSPS) is 22.9. The molecule has 1 aromatic rings. The van der Waals surface area contributed by atoms with E-state index in [0.29, 0.717) is 18.7 Å². The molecular formula is C15H20FNO2S. The van der Waals surface area contributed by atoms with Crippen molar-refractivity contribution >= 4 is 17.7 Å². The lowest BCUT2D eigenvalue weighted by molar-refractivity contribution is -0.134. The van der Waals surface area contributed by atoms with Crippen LogP contribution in [0.5, 0.6) is 0 Å². The Kier molecular flexibility index (Phi) is 5.43. The second kappa shape index (κ2) is 7.09. The standard InChI is InChI=1S/C15H20FNO2S/c1-11-6-8-17(10-14(11)18)15(19)7-9-20-13-4-2-12(16)3-5-13/h2-5,11,14,18H,6-10H2,1H3. The van der Waals surface area contributed by atoms with E-state index in [-0.39, 0.29) is 17.6 Å². The highest BCUT2D eigenvalue weighted by Gasteiger charge is 2.26. The lowest BCUT2D eigenvalue weighted by Gasteiger charge is -2.34. The predicted molar refractivity (Wildman–Crippen MR) is 78.1 cm³/mol. The maximum Gasteiger partial charge on any atom is 0.223 e. The van der Waals surface area contributed by atoms with E-state index in [4.69, 9.17) is 0 Å². The number of nitrogens with zero attached hydrogens (tertiary/aromatic N) is 1. The first-order valence-corrected chi connectivity index (χ1v) is 7.89. The van der Waals surface area contributed by atoms with Crippen molar-refractivity contribution in [3.8, 4) is 0 Å². The summed E-state index contributed by atoms with van der Waals surface area (Å²) < 4.78 is 12.8. The number of benzene rings is 1. The number of carbonyl (C=O) groups excluding carboxylic acids is 1. The molecule has 20 heavy (non-hydrogen) atoms. The Labute approximate surface area is 123 Å². The summed E-state index contributed by atoms with van der Waals surface area (Å²) in [6.07, 6.45) is 0.902. The molecule has 0 aliphatic carbocycles. The smallest absolute Gasteiger partial charge is 0.223 e. The van der Waals surface area contributed by atoms with Crippen molar-refractivity contribution in [1.82, 2.24) is 4.90 Å². The zero-order chi connectivity index (χ0) is 14.5. The summed E-state index contributed by atoms with van der Waals surface area (Å²) in [5.74, 6) is 0.784. The summed E-state index contributed by atoms with van der Waals surface area (Å²) in [6.45, 7) is 3.19. The average molecular weight is 297 g/mol. The summed E-state index contributed by atoms with van der Waals surface area (Å²) in [6, 6.07) is 6.28. The molecule has 5 heteroatoms. The molecule has 2 rings (SSSR count). The van der Waals surface area contributed by atoms with E-state index >= 15 is 0 Å². The van der Waals surface area contributed by atoms with Gasteiger partial charge in [0, 0.05) is 30.2 Å². The van der Waals surface area contributed by atoms with Crippen LogP contribution in [0.3, 0.4) is 0 Å². The number of hydrogen-bond donors (Lipinski definition) is 1. The Morgan fingerprint density at radius 3 is 2.80 bits per heavy atom. The highest BCUT2D eigenvalue weighted by molar-refractivity contribution is 7.99. The molecule has 1 heterocycles. The molecule has 2 unspecified atom stereocenters. The van der Waals surface area contributed by atoms with Gasteiger partial charge in [0.2, 0.25) is 5.91 Å². The SMILES string of the molecule is CC1CCN(C(=O)CCSc2ccc(F)cc2)CC1O. The Bertz CT molecular complexity index is 452. The van der Waals surface area contributed by atoms with Crippen molar-refractivity contribution in [3.63, 3.8) is 0 Å². The summed E-state index contributed by atoms with van der Waals surface area (Å²) in [5, 5.41) is 9.79. The van der Waals surface area contributed by atoms with Gasteiger partial charge in [0.05, 0.1) is 6.10 Å². The molecule has 1 aliphatic rings. The number of rotatable bonds is 4. The quantitative estimate of drug-likeness (QED) is 0.868. The maximum atomic E-state index is 12.8. The largest absolute Gasteiger partial charge is 0.391 e. The molecule has 0 radical (unpaired) electrons. The van der Waals surface area contributed by atoms with Crippen LogP contribution in [0.2, 0.25) is 0 Å². The average Bonchev–Trinajstić information content (AvgIpc) is 2.44. The molecular weight excluding hydrogens is 277 g/mol. The first-order chi connectivity index (χ1) is 9.56. The van der Waals surface area contributed by atoms with Gasteiger partial charge in [0.1, 0.15) is 5.82 Å². The number of halogens is 1. The molecule has 2 atom stereocenters. The van der Waals surface area contributed by atoms with Crippen LogP contribution in [0.15, 0.2) is 29.2 Å². The number of aliphatic hydroxyl groups is 1. The third kappa shape index (κ3) is 4.21. The first-order valence-electron chi connectivity index (χ1n) is 6.90. The van der Waals surface area contributed by atoms with E-state index in [1.54, 1.807) is 28.8 Å². The van der Waals surface area contributed by atoms with Crippen molar-refractivity contribution in [2.24, 2.45) is 5.92 Å². The van der Waals surface area contributed by atoms with E-state index in [2.05, 4.69) is 0 Å². The van der Waals surface area contributed by atoms with Gasteiger partial charge < -0.3 is 10.0 Å². The van der Waals surface area contributed by atoms with Crippen LogP contribution in [-0.2, 0) is 4.79 Å². The third-order valence-corrected chi connectivity index (χ3v) is 4.68. The number of thioether (sulfide) groups is 1. The van der Waals surface area contributed by atoms with E-state index in [1.165, 1.54) is 12.1 Å². The summed E-state index contributed by atoms with van der Waals surface area (Å²) in [7, 11) is 0. The minimum Gasteiger partial charge on any atom is -0.391 e. The minimum atomic E-state index is -0.405. The van der Waals surface area contributed by atoms with Gasteiger partial charge in [-0.25, -0.2) is 4.39 Å². The molecule has 1 saturated heterocycles. The van der Waals surface area contributed by atoms with Crippen molar-refractivity contribution in [2.75, 3.05) is 18.8 Å². The fourth-order valence-corrected chi connectivity index (χ4v) is 3.06. The van der Waals surface area contributed by atoms with Gasteiger partial charge in [0.25, 0.3) is 0 Å². The van der Waals surface area contributed by atoms with Crippen LogP contribution >= 0.6 is 11.8 Å². The van der Waals surface area contributed by atoms with Gasteiger partial charge in [-0.1, -0.05) is 6.92 Å². The summed E-state index contributed by atoms with van der Waals surface area (Å²) in [5.41, 5.74) is 0. The topological polar surface area (TPSA) is 40.5 Å². The molecule has 0 spiro atoms. The fourth-order valence-electron chi connectivity index (χ4n) is 2.22. The van der Waals surface area contributed by atoms with Crippen molar-refractivity contribution in [2.45, 2.75) is 30.8 Å². The number of amides is 1. The van der Waals surface area contributed by atoms with E-state index in [1.807, 2.05) is 6.92 Å². The molecule has 110 valence electrons. The van der Waals surface area contributed by atoms with Gasteiger partial charge in [-0.15, -0.1) is 11.8 Å². The van der Waals surface area contributed by atoms with Crippen LogP contribution in [0.25, 0.3) is 0 Å². The van der Waals surface area contributed by atoms with Gasteiger partial charge >= 0.3 is 0 Å². The van der Waals surface area contributed by atoms with E-state index in [0.717, 1.165) is 17.9 Å². The fraction of sp³-hybridized carbons (Fsp3) is 0.533. The lowest BCUT2D eigenvalue weighted by Crippen LogP contribution is -2.45. The summed E-state index contributed by atoms with van der Waals surface area (Å²) in [4.78, 5) is 14.7. The summed E-state index contributed by atoms with van der Waals surface area (Å²) >= 11 is 1.55. The zero-order valence-electron chi connectivity index (χ0n) is 11.6. The van der Waals surface area contributed by atoms with E-state index < -0.39 is 6.10 Å². The van der Waals surface area contributed by atoms with Crippen LogP contribution in [0.4, 0.5) is 4.39 Å². The Morgan fingerprint density at radius 2 is 2.15 bits per heavy atom. The number of β-amino-alcohol motifs (C(OH)–C–C–N with tert-alkyl or cyclic N) is 1. The van der Waals surface area contributed by atoms with Gasteiger partial charge in [-0.2, -0.15) is 0 Å². The van der Waals surface area contributed by atoms with Crippen molar-refractivity contribution in [3.05, 3.63) is 30.1 Å². The maximum absolute atomic E-state index is 12.8. The Morgan fingerprint density at radius 1 is 1.45 bits per heavy atom. The third-order valence-electron chi connectivity index (χ3n) is 3.67. The second-order valence-corrected chi connectivity index (χ2v) is 6.39. The van der Waals surface area contributed by atoms with Crippen molar-refractivity contribution < 1.29 is 14.3 Å². The van der Waals surface area contributed by atoms with E-state index in [9.17, 15) is 14.3 Å². The second-order valence-electron chi connectivity index (χ2n) is 5.23. The number of aliphatic hydroxyl groups excluding tert-OH is 1. The van der Waals surface area contributed by atoms with Crippen LogP contribution in [-0.4, -0.2) is 40.9 Å². The molecule has 1 N–H and O–H groups in total. The van der Waals surface area contributed by atoms with Crippen LogP contribution in [0, 0.1) is 11.7 Å². The van der Waals surface area contributed by atoms with Gasteiger partial charge in [-0.3, -0.25) is 4.79 Å². The van der Waals surface area contributed by atoms with Crippen molar-refractivity contribution in [1.29, 1.82) is 0 Å². The zero-order valence-corrected chi connectivity index (χ0v) is 12.4. The predicted octanol–water partition coefficient (Wildman–Crippen LogP) is 2.54. The first kappa shape index (κ1) is 15.3. The molecule has 0 bridgehead atoms. The van der Waals surface area contributed by atoms with Gasteiger partial charge in [0.15, 0.2) is 0 Å². The number of likely N-dealkylation sites (tertiary alicyclic amines) is 1. The van der Waals surface area contributed by atoms with Gasteiger partial charge in [-0.05, 0) is 36.6 Å². The number of carbonyl (C=O) groups is 1. The molecule has 1 amide bonds. The Balaban J connectivity index is 1.74. The number of piperidine rings is 1. The van der Waals surface area contributed by atoms with Crippen LogP contribution in [0.1, 0.15) is 19.8 Å². The monoisotopic (exact) mass is 297 g/mol. The molecule has 3 nitrogen and oxygen atoms in total. The lowest BCUT2D eigenvalue weighted by atomic mass is 9.96. The molecule has 1 aliphatic heterocycles. The molecule has 1 aromatic carbocycles. The molecule has 0 saturated carbocycles. The highest BCUT2D eigenvalue weighted by atomic mass is 32.2. The highest BCUT2D eigenvalue weighted by Crippen LogP contribution is 2.21. The van der Waals surface area contributed by atoms with Crippen LogP contribution < -0.4 is 0 Å². The molecule has 1 fully saturated rings.